The molecule has 0 unspecified atom stereocenters. The zero-order valence-corrected chi connectivity index (χ0v) is 8.91. The number of aliphatic hydroxyl groups excluding tert-OH is 1. The maximum Gasteiger partial charge on any atom is 0.293 e. The van der Waals surface area contributed by atoms with Gasteiger partial charge in [-0.15, -0.1) is 0 Å². The van der Waals surface area contributed by atoms with Gasteiger partial charge in [-0.25, -0.2) is 0 Å². The molecule has 0 radical (unpaired) electrons. The van der Waals surface area contributed by atoms with Gasteiger partial charge in [0.1, 0.15) is 0 Å². The Morgan fingerprint density at radius 2 is 2.12 bits per heavy atom. The molecule has 0 aliphatic heterocycles. The largest absolute Gasteiger partial charge is 0.392 e. The van der Waals surface area contributed by atoms with E-state index in [0.29, 0.717) is 10.9 Å². The molecule has 1 aromatic carbocycles. The summed E-state index contributed by atoms with van der Waals surface area (Å²) in [7, 11) is 0. The predicted molar refractivity (Wildman–Crippen MR) is 59.4 cm³/mol. The van der Waals surface area contributed by atoms with Gasteiger partial charge in [0.25, 0.3) is 5.24 Å². The zero-order valence-electron chi connectivity index (χ0n) is 8.16. The molecule has 82 valence electrons. The van der Waals surface area contributed by atoms with Crippen LogP contribution in [-0.2, 0) is 11.4 Å². The van der Waals surface area contributed by atoms with Crippen molar-refractivity contribution < 1.29 is 14.7 Å². The van der Waals surface area contributed by atoms with Gasteiger partial charge in [-0.2, -0.15) is 0 Å². The normalized spacial score (nSPS) is 10.6. The number of benzene rings is 1. The number of aromatic nitrogens is 1. The number of hydrogen-bond acceptors (Lipinski definition) is 3. The minimum Gasteiger partial charge on any atom is -0.392 e. The Bertz CT molecular complexity index is 574. The number of aliphatic hydroxyl groups is 1. The number of halogens is 1. The van der Waals surface area contributed by atoms with E-state index in [1.54, 1.807) is 18.2 Å². The van der Waals surface area contributed by atoms with Crippen LogP contribution in [0.25, 0.3) is 10.9 Å². The molecule has 0 aliphatic rings. The second-order valence-corrected chi connectivity index (χ2v) is 3.69. The molecule has 2 aromatic rings. The maximum absolute atomic E-state index is 11.4. The maximum atomic E-state index is 11.4. The first-order valence-electron chi connectivity index (χ1n) is 4.58. The number of Topliss-reactive ketones (excluding diaryl/α,β-unsaturated/α-hetero) is 1. The fourth-order valence-corrected chi connectivity index (χ4v) is 1.67. The topological polar surface area (TPSA) is 70.2 Å². The van der Waals surface area contributed by atoms with E-state index in [1.807, 2.05) is 0 Å². The highest BCUT2D eigenvalue weighted by molar-refractivity contribution is 6.83. The minimum absolute atomic E-state index is 0.0767. The predicted octanol–water partition coefficient (Wildman–Crippen LogP) is 1.61. The lowest BCUT2D eigenvalue weighted by Crippen LogP contribution is -2.06. The molecule has 1 aromatic heterocycles. The highest BCUT2D eigenvalue weighted by Crippen LogP contribution is 2.20. The number of nitrogens with one attached hydrogen (secondary N) is 1. The molecule has 0 aliphatic carbocycles. The fourth-order valence-electron chi connectivity index (χ4n) is 1.57. The van der Waals surface area contributed by atoms with Gasteiger partial charge < -0.3 is 10.1 Å². The quantitative estimate of drug-likeness (QED) is 0.484. The Labute approximate surface area is 95.8 Å². The molecule has 0 fully saturated rings. The van der Waals surface area contributed by atoms with Gasteiger partial charge in [0.15, 0.2) is 0 Å². The lowest BCUT2D eigenvalue weighted by atomic mass is 10.1. The summed E-state index contributed by atoms with van der Waals surface area (Å²) in [5, 5.41) is 8.56. The fraction of sp³-hybridized carbons (Fsp3) is 0.0909. The third-order valence-corrected chi connectivity index (χ3v) is 2.52. The number of ketones is 1. The van der Waals surface area contributed by atoms with Crippen molar-refractivity contribution in [1.82, 2.24) is 4.98 Å². The molecular weight excluding hydrogens is 230 g/mol. The van der Waals surface area contributed by atoms with E-state index in [4.69, 9.17) is 16.7 Å². The molecule has 16 heavy (non-hydrogen) atoms. The average Bonchev–Trinajstić information content (AvgIpc) is 2.70. The average molecular weight is 238 g/mol. The summed E-state index contributed by atoms with van der Waals surface area (Å²) >= 11 is 5.14. The van der Waals surface area contributed by atoms with E-state index < -0.39 is 11.0 Å². The molecule has 0 bridgehead atoms. The number of carbonyl (C=O) groups excluding carboxylic acids is 2. The SMILES string of the molecule is O=C(Cl)C(=O)c1c[nH]c2cc(CO)ccc12. The van der Waals surface area contributed by atoms with Crippen LogP contribution in [0.15, 0.2) is 24.4 Å². The first-order chi connectivity index (χ1) is 7.63. The Hall–Kier alpha value is -1.65. The van der Waals surface area contributed by atoms with Crippen LogP contribution in [0.1, 0.15) is 15.9 Å². The van der Waals surface area contributed by atoms with Gasteiger partial charge in [-0.3, -0.25) is 9.59 Å². The third kappa shape index (κ3) is 1.73. The smallest absolute Gasteiger partial charge is 0.293 e. The summed E-state index contributed by atoms with van der Waals surface area (Å²) in [5.41, 5.74) is 1.66. The Kier molecular flexibility index (Phi) is 2.77. The van der Waals surface area contributed by atoms with Gasteiger partial charge in [-0.1, -0.05) is 12.1 Å². The molecule has 0 saturated heterocycles. The highest BCUT2D eigenvalue weighted by Gasteiger charge is 2.17. The van der Waals surface area contributed by atoms with Crippen LogP contribution in [0.4, 0.5) is 0 Å². The van der Waals surface area contributed by atoms with Crippen LogP contribution in [0, 0.1) is 0 Å². The van der Waals surface area contributed by atoms with E-state index in [9.17, 15) is 9.59 Å². The first kappa shape index (κ1) is 10.9. The van der Waals surface area contributed by atoms with Crippen molar-refractivity contribution in [3.05, 3.63) is 35.5 Å². The molecule has 5 heteroatoms. The van der Waals surface area contributed by atoms with Crippen LogP contribution < -0.4 is 0 Å². The molecule has 0 amide bonds. The summed E-state index contributed by atoms with van der Waals surface area (Å²) in [4.78, 5) is 25.0. The molecule has 4 nitrogen and oxygen atoms in total. The van der Waals surface area contributed by atoms with Gasteiger partial charge in [-0.05, 0) is 23.2 Å². The number of hydrogen-bond donors (Lipinski definition) is 2. The lowest BCUT2D eigenvalue weighted by molar-refractivity contribution is -0.108. The number of aromatic amines is 1. The van der Waals surface area contributed by atoms with Crippen molar-refractivity contribution in [2.45, 2.75) is 6.61 Å². The van der Waals surface area contributed by atoms with Gasteiger partial charge in [0.05, 0.1) is 12.2 Å². The van der Waals surface area contributed by atoms with Crippen molar-refractivity contribution in [3.8, 4) is 0 Å². The highest BCUT2D eigenvalue weighted by atomic mass is 35.5. The zero-order chi connectivity index (χ0) is 11.7. The molecule has 0 spiro atoms. The second kappa shape index (κ2) is 4.08. The first-order valence-corrected chi connectivity index (χ1v) is 4.96. The van der Waals surface area contributed by atoms with E-state index in [-0.39, 0.29) is 12.2 Å². The summed E-state index contributed by atoms with van der Waals surface area (Å²) in [5.74, 6) is -0.732. The van der Waals surface area contributed by atoms with Gasteiger partial charge in [0.2, 0.25) is 5.78 Å². The number of fused-ring (bicyclic) bond motifs is 1. The van der Waals surface area contributed by atoms with Crippen LogP contribution in [0.5, 0.6) is 0 Å². The minimum atomic E-state index is -1.01. The summed E-state index contributed by atoms with van der Waals surface area (Å²) < 4.78 is 0. The number of rotatable bonds is 3. The molecular formula is C11H8ClNO3. The van der Waals surface area contributed by atoms with Crippen LogP contribution in [-0.4, -0.2) is 21.1 Å². The monoisotopic (exact) mass is 237 g/mol. The lowest BCUT2D eigenvalue weighted by Gasteiger charge is -1.97. The van der Waals surface area contributed by atoms with Gasteiger partial charge >= 0.3 is 0 Å². The van der Waals surface area contributed by atoms with E-state index in [0.717, 1.165) is 5.56 Å². The third-order valence-electron chi connectivity index (χ3n) is 2.35. The van der Waals surface area contributed by atoms with E-state index in [2.05, 4.69) is 4.98 Å². The standard InChI is InChI=1S/C11H8ClNO3/c12-11(16)10(15)8-4-13-9-3-6(5-14)1-2-7(8)9/h1-4,13-14H,5H2. The molecule has 2 rings (SSSR count). The summed E-state index contributed by atoms with van der Waals surface area (Å²) in [6, 6.07) is 5.07. The van der Waals surface area contributed by atoms with Crippen LogP contribution in [0.2, 0.25) is 0 Å². The van der Waals surface area contributed by atoms with Crippen molar-refractivity contribution in [3.63, 3.8) is 0 Å². The second-order valence-electron chi connectivity index (χ2n) is 3.34. The molecule has 2 N–H and O–H groups in total. The van der Waals surface area contributed by atoms with Crippen LogP contribution >= 0.6 is 11.6 Å². The summed E-state index contributed by atoms with van der Waals surface area (Å²) in [6.45, 7) is -0.0767. The molecule has 0 atom stereocenters. The van der Waals surface area contributed by atoms with Crippen molar-refractivity contribution in [1.29, 1.82) is 0 Å². The van der Waals surface area contributed by atoms with Crippen LogP contribution in [0.3, 0.4) is 0 Å². The van der Waals surface area contributed by atoms with Gasteiger partial charge in [0, 0.05) is 17.1 Å². The van der Waals surface area contributed by atoms with E-state index >= 15 is 0 Å². The Balaban J connectivity index is 2.58. The number of carbonyl (C=O) groups is 2. The Morgan fingerprint density at radius 1 is 1.38 bits per heavy atom. The number of H-pyrrole nitrogens is 1. The van der Waals surface area contributed by atoms with Crippen molar-refractivity contribution in [2.75, 3.05) is 0 Å². The molecule has 1 heterocycles. The summed E-state index contributed by atoms with van der Waals surface area (Å²) in [6.07, 6.45) is 1.44. The Morgan fingerprint density at radius 3 is 2.75 bits per heavy atom. The van der Waals surface area contributed by atoms with E-state index in [1.165, 1.54) is 6.20 Å². The van der Waals surface area contributed by atoms with Crippen molar-refractivity contribution in [2.24, 2.45) is 0 Å². The molecule has 0 saturated carbocycles. The van der Waals surface area contributed by atoms with Crippen molar-refractivity contribution >= 4 is 33.5 Å².